The Bertz CT molecular complexity index is 1660. The van der Waals surface area contributed by atoms with Gasteiger partial charge in [-0.15, -0.1) is 13.2 Å². The molecule has 3 saturated heterocycles. The lowest BCUT2D eigenvalue weighted by Gasteiger charge is -2.19. The number of methoxy groups -OCH3 is 6. The number of alkyl halides is 1. The molecule has 0 saturated carbocycles. The van der Waals surface area contributed by atoms with Crippen LogP contribution in [-0.2, 0) is 85.8 Å². The summed E-state index contributed by atoms with van der Waals surface area (Å²) in [5.74, 6) is -1.06. The third kappa shape index (κ3) is 51.5. The van der Waals surface area contributed by atoms with Gasteiger partial charge in [-0.3, -0.25) is 43.2 Å². The standard InChI is InChI=1S/C14H25BrO4.C14H26O5.C13H20O4.C8H12O2.C7H12O2.C5H8O2/c2*1-18-13(16)10-6-4-3-5-8-12(9-7-11-15)14(17)19-2;1-16-12(14)9-5-3-2-4-7-11-8-6-10-17-13(11)15;1-2-4-7-5-3-6-10-8(7)9;1-3-4-5-6-7(8)9-2;6-5-3-1-2-4-7-5/h12H,3-11H2,1-2H3;12,15H,3-11H2,1-2H3;2,4,11H,3,5-10H2,1H3;2,7H,1,3-6H2;3H,1,4-6H2,2H3;1-4H2/b;;4-2+;;;. The first-order valence-corrected chi connectivity index (χ1v) is 30.2. The fraction of sp³-hybridized carbons (Fsp3) is 0.754. The molecule has 20 heteroatoms. The van der Waals surface area contributed by atoms with Gasteiger partial charge in [0, 0.05) is 44.0 Å². The van der Waals surface area contributed by atoms with Crippen molar-refractivity contribution in [2.24, 2.45) is 23.7 Å². The van der Waals surface area contributed by atoms with Crippen LogP contribution >= 0.6 is 15.9 Å². The van der Waals surface area contributed by atoms with E-state index >= 15 is 0 Å². The molecular formula is C61H103BrO19. The monoisotopic (exact) mass is 1220 g/mol. The van der Waals surface area contributed by atoms with Crippen LogP contribution in [0.15, 0.2) is 37.5 Å². The number of allylic oxidation sites excluding steroid dienone is 4. The second kappa shape index (κ2) is 59.5. The van der Waals surface area contributed by atoms with Gasteiger partial charge in [0.2, 0.25) is 0 Å². The summed E-state index contributed by atoms with van der Waals surface area (Å²) >= 11 is 3.38. The molecule has 0 aromatic heterocycles. The summed E-state index contributed by atoms with van der Waals surface area (Å²) in [4.78, 5) is 98.6. The van der Waals surface area contributed by atoms with E-state index < -0.39 is 0 Å². The van der Waals surface area contributed by atoms with Crippen molar-refractivity contribution in [1.82, 2.24) is 0 Å². The SMILES string of the molecule is C=CCC1CCCOC1=O.C=CCCCC(=O)OC.COC(=O)CCC/C=C/CC1CCCOC1=O.COC(=O)CCCCCCC(CCCBr)C(=O)OC.COC(=O)CCCCCCC(CCCO)C(=O)OC.O=C1CCCCO1. The Labute approximate surface area is 493 Å². The van der Waals surface area contributed by atoms with Gasteiger partial charge in [-0.2, -0.15) is 0 Å². The first kappa shape index (κ1) is 80.1. The second-order valence-corrected chi connectivity index (χ2v) is 20.1. The van der Waals surface area contributed by atoms with Crippen LogP contribution in [0.2, 0.25) is 0 Å². The molecule has 4 unspecified atom stereocenters. The van der Waals surface area contributed by atoms with Gasteiger partial charge >= 0.3 is 53.7 Å². The number of aliphatic hydroxyl groups is 1. The van der Waals surface area contributed by atoms with Crippen LogP contribution in [0.3, 0.4) is 0 Å². The Kier molecular flexibility index (Phi) is 58.9. The van der Waals surface area contributed by atoms with E-state index in [1.165, 1.54) is 42.7 Å². The molecule has 0 aliphatic carbocycles. The van der Waals surface area contributed by atoms with Crippen molar-refractivity contribution in [3.8, 4) is 0 Å². The number of esters is 9. The predicted molar refractivity (Wildman–Crippen MR) is 312 cm³/mol. The lowest BCUT2D eigenvalue weighted by atomic mass is 9.96. The number of carbonyl (C=O) groups excluding carboxylic acids is 9. The third-order valence-corrected chi connectivity index (χ3v) is 13.5. The number of rotatable bonds is 34. The quantitative estimate of drug-likeness (QED) is 0.0206. The Morgan fingerprint density at radius 2 is 0.926 bits per heavy atom. The molecule has 19 nitrogen and oxygen atoms in total. The molecule has 0 aromatic rings. The molecule has 0 radical (unpaired) electrons. The highest BCUT2D eigenvalue weighted by molar-refractivity contribution is 9.09. The first-order chi connectivity index (χ1) is 39.1. The molecular weight excluding hydrogens is 1120 g/mol. The van der Waals surface area contributed by atoms with E-state index in [9.17, 15) is 43.2 Å². The van der Waals surface area contributed by atoms with Crippen LogP contribution in [0.25, 0.3) is 0 Å². The average Bonchev–Trinajstić information content (AvgIpc) is 3.48. The third-order valence-electron chi connectivity index (χ3n) is 12.9. The van der Waals surface area contributed by atoms with Crippen molar-refractivity contribution in [3.05, 3.63) is 37.5 Å². The fourth-order valence-electron chi connectivity index (χ4n) is 8.06. The van der Waals surface area contributed by atoms with Crippen LogP contribution in [0, 0.1) is 23.7 Å². The summed E-state index contributed by atoms with van der Waals surface area (Å²) < 4.78 is 42.2. The number of unbranched alkanes of at least 4 members (excludes halogenated alkanes) is 8. The summed E-state index contributed by atoms with van der Waals surface area (Å²) in [6.45, 7) is 9.03. The maximum atomic E-state index is 11.6. The first-order valence-electron chi connectivity index (χ1n) is 29.0. The topological polar surface area (TPSA) is 257 Å². The minimum Gasteiger partial charge on any atom is -0.469 e. The van der Waals surface area contributed by atoms with Gasteiger partial charge in [-0.1, -0.05) is 78.8 Å². The van der Waals surface area contributed by atoms with Crippen molar-refractivity contribution < 1.29 is 90.9 Å². The van der Waals surface area contributed by atoms with Gasteiger partial charge in [-0.25, -0.2) is 0 Å². The molecule has 4 atom stereocenters. The van der Waals surface area contributed by atoms with Crippen molar-refractivity contribution in [2.45, 2.75) is 199 Å². The lowest BCUT2D eigenvalue weighted by Crippen LogP contribution is -2.23. The molecule has 1 N–H and O–H groups in total. The predicted octanol–water partition coefficient (Wildman–Crippen LogP) is 11.5. The molecule has 468 valence electrons. The number of hydrogen-bond acceptors (Lipinski definition) is 19. The van der Waals surface area contributed by atoms with Crippen molar-refractivity contribution >= 4 is 69.7 Å². The highest BCUT2D eigenvalue weighted by Crippen LogP contribution is 2.22. The van der Waals surface area contributed by atoms with E-state index in [1.54, 1.807) is 12.2 Å². The maximum Gasteiger partial charge on any atom is 0.309 e. The van der Waals surface area contributed by atoms with Crippen LogP contribution in [0.1, 0.15) is 199 Å². The highest BCUT2D eigenvalue weighted by atomic mass is 79.9. The van der Waals surface area contributed by atoms with E-state index in [2.05, 4.69) is 52.8 Å². The molecule has 0 spiro atoms. The van der Waals surface area contributed by atoms with Gasteiger partial charge in [-0.05, 0) is 128 Å². The number of halogens is 1. The number of cyclic esters (lactones) is 3. The van der Waals surface area contributed by atoms with E-state index in [0.717, 1.165) is 159 Å². The van der Waals surface area contributed by atoms with Crippen LogP contribution in [0.4, 0.5) is 0 Å². The van der Waals surface area contributed by atoms with Crippen molar-refractivity contribution in [3.63, 3.8) is 0 Å². The van der Waals surface area contributed by atoms with Crippen LogP contribution < -0.4 is 0 Å². The lowest BCUT2D eigenvalue weighted by molar-refractivity contribution is -0.153. The number of carbonyl (C=O) groups is 9. The van der Waals surface area contributed by atoms with Gasteiger partial charge in [0.1, 0.15) is 0 Å². The normalized spacial score (nSPS) is 15.8. The number of ether oxygens (including phenoxy) is 9. The zero-order chi connectivity index (χ0) is 61.2. The minimum atomic E-state index is -0.192. The molecule has 0 amide bonds. The molecule has 0 aromatic carbocycles. The van der Waals surface area contributed by atoms with E-state index in [0.29, 0.717) is 64.8 Å². The van der Waals surface area contributed by atoms with Crippen molar-refractivity contribution in [1.29, 1.82) is 0 Å². The Hall–Kier alpha value is -5.11. The number of hydrogen-bond donors (Lipinski definition) is 1. The molecule has 3 fully saturated rings. The van der Waals surface area contributed by atoms with Crippen molar-refractivity contribution in [2.75, 3.05) is 74.4 Å². The molecule has 3 aliphatic rings. The zero-order valence-corrected chi connectivity index (χ0v) is 51.7. The zero-order valence-electron chi connectivity index (χ0n) is 50.2. The maximum absolute atomic E-state index is 11.6. The van der Waals surface area contributed by atoms with Gasteiger partial charge < -0.3 is 47.7 Å². The molecule has 3 rings (SSSR count). The molecule has 81 heavy (non-hydrogen) atoms. The Morgan fingerprint density at radius 1 is 0.506 bits per heavy atom. The van der Waals surface area contributed by atoms with Gasteiger partial charge in [0.05, 0.1) is 86.2 Å². The Morgan fingerprint density at radius 3 is 1.30 bits per heavy atom. The Balaban J connectivity index is -0.000000930. The molecule has 3 aliphatic heterocycles. The van der Waals surface area contributed by atoms with Crippen LogP contribution in [-0.4, -0.2) is 133 Å². The van der Waals surface area contributed by atoms with Crippen LogP contribution in [0.5, 0.6) is 0 Å². The summed E-state index contributed by atoms with van der Waals surface area (Å²) in [7, 11) is 8.44. The average molecular weight is 1220 g/mol. The van der Waals surface area contributed by atoms with Gasteiger partial charge in [0.25, 0.3) is 0 Å². The minimum absolute atomic E-state index is 0.0168. The highest BCUT2D eigenvalue weighted by Gasteiger charge is 2.23. The fourth-order valence-corrected chi connectivity index (χ4v) is 8.38. The van der Waals surface area contributed by atoms with E-state index in [1.807, 2.05) is 12.2 Å². The molecule has 0 bridgehead atoms. The second-order valence-electron chi connectivity index (χ2n) is 19.3. The summed E-state index contributed by atoms with van der Waals surface area (Å²) in [5, 5.41) is 9.71. The summed E-state index contributed by atoms with van der Waals surface area (Å²) in [6.07, 6.45) is 33.3. The summed E-state index contributed by atoms with van der Waals surface area (Å²) in [5.41, 5.74) is 0. The van der Waals surface area contributed by atoms with E-state index in [-0.39, 0.29) is 84.0 Å². The smallest absolute Gasteiger partial charge is 0.309 e. The van der Waals surface area contributed by atoms with Gasteiger partial charge in [0.15, 0.2) is 0 Å². The molecule has 3 heterocycles. The number of aliphatic hydroxyl groups excluding tert-OH is 1. The summed E-state index contributed by atoms with van der Waals surface area (Å²) in [6, 6.07) is 0. The van der Waals surface area contributed by atoms with E-state index in [4.69, 9.17) is 24.1 Å². The largest absolute Gasteiger partial charge is 0.469 e.